The van der Waals surface area contributed by atoms with E-state index < -0.39 is 29.8 Å². The third-order valence-electron chi connectivity index (χ3n) is 5.44. The van der Waals surface area contributed by atoms with E-state index in [0.29, 0.717) is 26.1 Å². The van der Waals surface area contributed by atoms with Crippen molar-refractivity contribution in [3.63, 3.8) is 0 Å². The molecular weight excluding hydrogens is 407 g/mol. The minimum Gasteiger partial charge on any atom is -0.338 e. The summed E-state index contributed by atoms with van der Waals surface area (Å²) in [5.41, 5.74) is 0.167. The second-order valence-corrected chi connectivity index (χ2v) is 8.40. The molecular formula is C21H23FN4O3S. The molecule has 3 heterocycles. The highest BCUT2D eigenvalue weighted by molar-refractivity contribution is 7.09. The number of anilines is 1. The van der Waals surface area contributed by atoms with Crippen molar-refractivity contribution in [2.75, 3.05) is 18.0 Å². The summed E-state index contributed by atoms with van der Waals surface area (Å²) in [6.45, 7) is 3.17. The molecule has 0 spiro atoms. The number of hydrogen-bond acceptors (Lipinski definition) is 4. The second kappa shape index (κ2) is 8.43. The highest BCUT2D eigenvalue weighted by Gasteiger charge is 2.53. The predicted octanol–water partition coefficient (Wildman–Crippen LogP) is 3.42. The van der Waals surface area contributed by atoms with Gasteiger partial charge in [-0.15, -0.1) is 11.3 Å². The van der Waals surface area contributed by atoms with Crippen LogP contribution in [0.1, 0.15) is 24.6 Å². The summed E-state index contributed by atoms with van der Waals surface area (Å²) in [4.78, 5) is 44.6. The van der Waals surface area contributed by atoms with Crippen molar-refractivity contribution in [3.8, 4) is 0 Å². The molecule has 1 aromatic carbocycles. The molecule has 7 nitrogen and oxygen atoms in total. The number of fused-ring (bicyclic) bond motifs is 1. The quantitative estimate of drug-likeness (QED) is 0.790. The molecule has 30 heavy (non-hydrogen) atoms. The van der Waals surface area contributed by atoms with E-state index in [1.165, 1.54) is 34.4 Å². The number of nitrogens with zero attached hydrogens (tertiary/aromatic N) is 3. The Bertz CT molecular complexity index is 951. The lowest BCUT2D eigenvalue weighted by atomic mass is 10.0. The molecule has 2 unspecified atom stereocenters. The number of imide groups is 1. The lowest BCUT2D eigenvalue weighted by molar-refractivity contribution is -0.124. The molecule has 9 heteroatoms. The highest BCUT2D eigenvalue weighted by atomic mass is 32.1. The molecule has 2 aromatic rings. The number of halogens is 1. The van der Waals surface area contributed by atoms with Gasteiger partial charge in [0.1, 0.15) is 11.9 Å². The summed E-state index contributed by atoms with van der Waals surface area (Å²) in [5, 5.41) is 4.74. The lowest BCUT2D eigenvalue weighted by Crippen LogP contribution is -2.66. The van der Waals surface area contributed by atoms with Gasteiger partial charge in [0, 0.05) is 18.0 Å². The van der Waals surface area contributed by atoms with Gasteiger partial charge in [0.2, 0.25) is 0 Å². The molecule has 0 aliphatic carbocycles. The Morgan fingerprint density at radius 3 is 2.80 bits per heavy atom. The number of hydrogen-bond donors (Lipinski definition) is 1. The van der Waals surface area contributed by atoms with E-state index in [-0.39, 0.29) is 11.7 Å². The van der Waals surface area contributed by atoms with Gasteiger partial charge in [-0.05, 0) is 42.5 Å². The largest absolute Gasteiger partial charge is 0.338 e. The first-order chi connectivity index (χ1) is 14.5. The van der Waals surface area contributed by atoms with Gasteiger partial charge >= 0.3 is 12.1 Å². The number of nitrogens with one attached hydrogen (secondary N) is 1. The minimum atomic E-state index is -0.803. The number of likely N-dealkylation sites (tertiary alicyclic amines) is 1. The van der Waals surface area contributed by atoms with Crippen molar-refractivity contribution in [1.82, 2.24) is 15.1 Å². The fraction of sp³-hybridized carbons (Fsp3) is 0.381. The second-order valence-electron chi connectivity index (χ2n) is 7.37. The maximum atomic E-state index is 13.9. The number of thiophene rings is 1. The van der Waals surface area contributed by atoms with Gasteiger partial charge in [-0.1, -0.05) is 19.1 Å². The third kappa shape index (κ3) is 3.65. The summed E-state index contributed by atoms with van der Waals surface area (Å²) in [7, 11) is 0. The molecule has 1 aromatic heterocycles. The molecule has 0 bridgehead atoms. The summed E-state index contributed by atoms with van der Waals surface area (Å²) >= 11 is 1.52. The maximum Gasteiger partial charge on any atom is 0.332 e. The van der Waals surface area contributed by atoms with Crippen LogP contribution in [0.3, 0.4) is 0 Å². The van der Waals surface area contributed by atoms with Crippen LogP contribution in [0.4, 0.5) is 19.7 Å². The van der Waals surface area contributed by atoms with Crippen LogP contribution >= 0.6 is 11.3 Å². The molecule has 0 saturated carbocycles. The summed E-state index contributed by atoms with van der Waals surface area (Å²) < 4.78 is 13.9. The van der Waals surface area contributed by atoms with E-state index in [0.717, 1.165) is 22.3 Å². The average Bonchev–Trinajstić information content (AvgIpc) is 3.39. The smallest absolute Gasteiger partial charge is 0.332 e. The number of carbonyl (C=O) groups excluding carboxylic acids is 3. The van der Waals surface area contributed by atoms with E-state index >= 15 is 0 Å². The Hall–Kier alpha value is -2.94. The molecule has 0 radical (unpaired) electrons. The number of benzene rings is 1. The van der Waals surface area contributed by atoms with Crippen LogP contribution in [-0.4, -0.2) is 52.9 Å². The molecule has 2 aliphatic heterocycles. The molecule has 158 valence electrons. The first kappa shape index (κ1) is 20.3. The van der Waals surface area contributed by atoms with Gasteiger partial charge in [0.05, 0.1) is 18.3 Å². The van der Waals surface area contributed by atoms with E-state index in [1.807, 2.05) is 24.4 Å². The van der Waals surface area contributed by atoms with E-state index in [4.69, 9.17) is 0 Å². The van der Waals surface area contributed by atoms with E-state index in [1.54, 1.807) is 4.90 Å². The Morgan fingerprint density at radius 2 is 2.10 bits per heavy atom. The number of urea groups is 2. The van der Waals surface area contributed by atoms with Crippen LogP contribution in [0, 0.1) is 5.82 Å². The Labute approximate surface area is 178 Å². The first-order valence-electron chi connectivity index (χ1n) is 9.98. The zero-order valence-electron chi connectivity index (χ0n) is 16.6. The lowest BCUT2D eigenvalue weighted by Gasteiger charge is -2.43. The van der Waals surface area contributed by atoms with Crippen molar-refractivity contribution < 1.29 is 18.8 Å². The van der Waals surface area contributed by atoms with E-state index in [2.05, 4.69) is 5.32 Å². The molecule has 2 aliphatic rings. The zero-order chi connectivity index (χ0) is 21.3. The summed E-state index contributed by atoms with van der Waals surface area (Å²) in [5.74, 6) is -1.04. The average molecular weight is 431 g/mol. The van der Waals surface area contributed by atoms with Crippen molar-refractivity contribution >= 4 is 35.0 Å². The van der Waals surface area contributed by atoms with Crippen molar-refractivity contribution in [3.05, 3.63) is 52.5 Å². The fourth-order valence-electron chi connectivity index (χ4n) is 4.07. The van der Waals surface area contributed by atoms with Crippen molar-refractivity contribution in [2.24, 2.45) is 0 Å². The number of carbonyl (C=O) groups is 3. The molecule has 5 amide bonds. The standard InChI is InChI=1S/C21H23FN4O3S/c1-2-9-23-20(28)24-10-8-17-18(24)19(27)26(15-6-3-5-14(22)12-15)21(29)25(17)13-16-7-4-11-30-16/h3-7,11-12,17-18H,2,8-10,13H2,1H3,(H,23,28). The molecule has 2 fully saturated rings. The summed E-state index contributed by atoms with van der Waals surface area (Å²) in [6, 6.07) is 7.22. The third-order valence-corrected chi connectivity index (χ3v) is 6.30. The molecule has 2 saturated heterocycles. The van der Waals surface area contributed by atoms with Gasteiger partial charge in [-0.3, -0.25) is 4.79 Å². The van der Waals surface area contributed by atoms with Crippen LogP contribution in [0.15, 0.2) is 41.8 Å². The van der Waals surface area contributed by atoms with Crippen LogP contribution < -0.4 is 10.2 Å². The maximum absolute atomic E-state index is 13.9. The van der Waals surface area contributed by atoms with Crippen molar-refractivity contribution in [1.29, 1.82) is 0 Å². The van der Waals surface area contributed by atoms with E-state index in [9.17, 15) is 18.8 Å². The van der Waals surface area contributed by atoms with Crippen molar-refractivity contribution in [2.45, 2.75) is 38.4 Å². The van der Waals surface area contributed by atoms with Gasteiger partial charge < -0.3 is 15.1 Å². The Kier molecular flexibility index (Phi) is 5.72. The normalized spacial score (nSPS) is 21.2. The molecule has 2 atom stereocenters. The zero-order valence-corrected chi connectivity index (χ0v) is 17.4. The number of amides is 5. The number of rotatable bonds is 5. The molecule has 4 rings (SSSR count). The first-order valence-corrected chi connectivity index (χ1v) is 10.9. The van der Waals surface area contributed by atoms with Gasteiger partial charge in [-0.25, -0.2) is 18.9 Å². The Morgan fingerprint density at radius 1 is 1.27 bits per heavy atom. The van der Waals surface area contributed by atoms with Gasteiger partial charge in [0.15, 0.2) is 0 Å². The van der Waals surface area contributed by atoms with Crippen LogP contribution in [-0.2, 0) is 11.3 Å². The molecule has 1 N–H and O–H groups in total. The van der Waals surface area contributed by atoms with Crippen LogP contribution in [0.2, 0.25) is 0 Å². The van der Waals surface area contributed by atoms with Crippen LogP contribution in [0.25, 0.3) is 0 Å². The Balaban J connectivity index is 1.70. The monoisotopic (exact) mass is 430 g/mol. The minimum absolute atomic E-state index is 0.167. The van der Waals surface area contributed by atoms with Gasteiger partial charge in [0.25, 0.3) is 5.91 Å². The topological polar surface area (TPSA) is 73.0 Å². The van der Waals surface area contributed by atoms with Crippen LogP contribution in [0.5, 0.6) is 0 Å². The fourth-order valence-corrected chi connectivity index (χ4v) is 4.77. The highest BCUT2D eigenvalue weighted by Crippen LogP contribution is 2.34. The SMILES string of the molecule is CCCNC(=O)N1CCC2C1C(=O)N(c1cccc(F)c1)C(=O)N2Cc1cccs1. The predicted molar refractivity (Wildman–Crippen MR) is 112 cm³/mol. The summed E-state index contributed by atoms with van der Waals surface area (Å²) in [6.07, 6.45) is 1.30. The van der Waals surface area contributed by atoms with Gasteiger partial charge in [-0.2, -0.15) is 0 Å².